The second-order valence-corrected chi connectivity index (χ2v) is 4.70. The fourth-order valence-electron chi connectivity index (χ4n) is 1.56. The van der Waals surface area contributed by atoms with Gasteiger partial charge in [0.05, 0.1) is 0 Å². The van der Waals surface area contributed by atoms with Gasteiger partial charge in [0, 0.05) is 11.6 Å². The van der Waals surface area contributed by atoms with Gasteiger partial charge >= 0.3 is 0 Å². The van der Waals surface area contributed by atoms with E-state index in [1.165, 1.54) is 32.1 Å². The number of hydrogen-bond donors (Lipinski definition) is 2. The van der Waals surface area contributed by atoms with Crippen molar-refractivity contribution in [3.8, 4) is 0 Å². The Labute approximate surface area is 79.1 Å². The average Bonchev–Trinajstić information content (AvgIpc) is 2.68. The fourth-order valence-corrected chi connectivity index (χ4v) is 1.97. The monoisotopic (exact) mass is 184 g/mol. The molecule has 0 aliphatic heterocycles. The van der Waals surface area contributed by atoms with E-state index in [-0.39, 0.29) is 0 Å². The summed E-state index contributed by atoms with van der Waals surface area (Å²) in [5, 5.41) is 7.54. The van der Waals surface area contributed by atoms with Crippen LogP contribution < -0.4 is 10.6 Å². The van der Waals surface area contributed by atoms with E-state index in [1.807, 2.05) is 0 Å². The van der Waals surface area contributed by atoms with Crippen LogP contribution >= 0.6 is 12.2 Å². The van der Waals surface area contributed by atoms with E-state index in [1.54, 1.807) is 0 Å². The Hall–Kier alpha value is -0.310. The summed E-state index contributed by atoms with van der Waals surface area (Å²) in [4.78, 5) is 0. The highest BCUT2D eigenvalue weighted by Crippen LogP contribution is 2.30. The highest BCUT2D eigenvalue weighted by Gasteiger charge is 2.33. The predicted octanol–water partition coefficient (Wildman–Crippen LogP) is 1.56. The molecule has 0 spiro atoms. The molecule has 0 aromatic heterocycles. The second kappa shape index (κ2) is 2.87. The Kier molecular flexibility index (Phi) is 1.99. The fraction of sp³-hybridized carbons (Fsp3) is 0.889. The molecule has 0 heterocycles. The standard InChI is InChI=1S/C9H16N2S/c1-9(5-2-6-9)11-8(12)10-7-3-4-7/h7H,2-6H2,1H3,(H2,10,11,12). The third kappa shape index (κ3) is 1.89. The van der Waals surface area contributed by atoms with Crippen molar-refractivity contribution in [3.05, 3.63) is 0 Å². The van der Waals surface area contributed by atoms with Crippen LogP contribution in [0.5, 0.6) is 0 Å². The van der Waals surface area contributed by atoms with E-state index in [0.29, 0.717) is 11.6 Å². The largest absolute Gasteiger partial charge is 0.360 e. The molecular weight excluding hydrogens is 168 g/mol. The van der Waals surface area contributed by atoms with Crippen molar-refractivity contribution < 1.29 is 0 Å². The van der Waals surface area contributed by atoms with Gasteiger partial charge in [-0.2, -0.15) is 0 Å². The topological polar surface area (TPSA) is 24.1 Å². The molecule has 0 unspecified atom stereocenters. The van der Waals surface area contributed by atoms with Gasteiger partial charge in [-0.15, -0.1) is 0 Å². The molecule has 2 fully saturated rings. The van der Waals surface area contributed by atoms with Crippen molar-refractivity contribution in [1.29, 1.82) is 0 Å². The molecule has 0 amide bonds. The van der Waals surface area contributed by atoms with Crippen molar-refractivity contribution in [2.45, 2.75) is 50.6 Å². The molecule has 2 N–H and O–H groups in total. The molecule has 0 saturated heterocycles. The van der Waals surface area contributed by atoms with Gasteiger partial charge in [-0.3, -0.25) is 0 Å². The van der Waals surface area contributed by atoms with Crippen LogP contribution in [-0.2, 0) is 0 Å². The summed E-state index contributed by atoms with van der Waals surface area (Å²) in [5.74, 6) is 0. The highest BCUT2D eigenvalue weighted by atomic mass is 32.1. The summed E-state index contributed by atoms with van der Waals surface area (Å²) in [7, 11) is 0. The molecule has 2 nitrogen and oxygen atoms in total. The minimum absolute atomic E-state index is 0.305. The number of hydrogen-bond acceptors (Lipinski definition) is 1. The molecule has 0 bridgehead atoms. The molecule has 3 heteroatoms. The SMILES string of the molecule is CC1(NC(=S)NC2CC2)CCC1. The van der Waals surface area contributed by atoms with Crippen LogP contribution in [0.1, 0.15) is 39.0 Å². The van der Waals surface area contributed by atoms with Crippen molar-refractivity contribution in [2.75, 3.05) is 0 Å². The third-order valence-corrected chi connectivity index (χ3v) is 3.00. The summed E-state index contributed by atoms with van der Waals surface area (Å²) >= 11 is 5.20. The first kappa shape index (κ1) is 8.30. The lowest BCUT2D eigenvalue weighted by atomic mass is 9.79. The Morgan fingerprint density at radius 3 is 2.50 bits per heavy atom. The van der Waals surface area contributed by atoms with Gasteiger partial charge in [0.1, 0.15) is 0 Å². The van der Waals surface area contributed by atoms with Crippen LogP contribution in [0.25, 0.3) is 0 Å². The van der Waals surface area contributed by atoms with Crippen LogP contribution in [0.3, 0.4) is 0 Å². The van der Waals surface area contributed by atoms with Gasteiger partial charge in [-0.1, -0.05) is 0 Å². The molecule has 2 aliphatic rings. The zero-order valence-electron chi connectivity index (χ0n) is 7.52. The maximum absolute atomic E-state index is 5.20. The smallest absolute Gasteiger partial charge is 0.166 e. The summed E-state index contributed by atoms with van der Waals surface area (Å²) in [6, 6.07) is 0.675. The molecule has 0 atom stereocenters. The summed E-state index contributed by atoms with van der Waals surface area (Å²) in [6.07, 6.45) is 6.45. The molecule has 0 aromatic carbocycles. The summed E-state index contributed by atoms with van der Waals surface area (Å²) in [5.41, 5.74) is 0.305. The van der Waals surface area contributed by atoms with Gasteiger partial charge < -0.3 is 10.6 Å². The first-order valence-electron chi connectivity index (χ1n) is 4.77. The van der Waals surface area contributed by atoms with Crippen molar-refractivity contribution in [2.24, 2.45) is 0 Å². The van der Waals surface area contributed by atoms with Crippen LogP contribution in [0, 0.1) is 0 Å². The van der Waals surface area contributed by atoms with E-state index in [2.05, 4.69) is 17.6 Å². The Morgan fingerprint density at radius 1 is 1.42 bits per heavy atom. The normalized spacial score (nSPS) is 25.8. The van der Waals surface area contributed by atoms with Gasteiger partial charge in [0.15, 0.2) is 5.11 Å². The molecule has 0 radical (unpaired) electrons. The Balaban J connectivity index is 1.73. The van der Waals surface area contributed by atoms with Crippen molar-refractivity contribution in [1.82, 2.24) is 10.6 Å². The first-order chi connectivity index (χ1) is 5.68. The highest BCUT2D eigenvalue weighted by molar-refractivity contribution is 7.80. The maximum Gasteiger partial charge on any atom is 0.166 e. The van der Waals surface area contributed by atoms with Gasteiger partial charge in [0.25, 0.3) is 0 Å². The van der Waals surface area contributed by atoms with Gasteiger partial charge in [-0.25, -0.2) is 0 Å². The lowest BCUT2D eigenvalue weighted by Gasteiger charge is -2.40. The summed E-state index contributed by atoms with van der Waals surface area (Å²) in [6.45, 7) is 2.25. The van der Waals surface area contributed by atoms with E-state index in [0.717, 1.165) is 5.11 Å². The quantitative estimate of drug-likeness (QED) is 0.637. The van der Waals surface area contributed by atoms with Crippen LogP contribution in [0.4, 0.5) is 0 Å². The maximum atomic E-state index is 5.20. The summed E-state index contributed by atoms with van der Waals surface area (Å²) < 4.78 is 0. The van der Waals surface area contributed by atoms with E-state index in [9.17, 15) is 0 Å². The van der Waals surface area contributed by atoms with E-state index >= 15 is 0 Å². The molecule has 12 heavy (non-hydrogen) atoms. The number of thiocarbonyl (C=S) groups is 1. The number of nitrogens with one attached hydrogen (secondary N) is 2. The second-order valence-electron chi connectivity index (χ2n) is 4.29. The minimum atomic E-state index is 0.305. The molecular formula is C9H16N2S. The van der Waals surface area contributed by atoms with Crippen LogP contribution in [0.2, 0.25) is 0 Å². The molecule has 68 valence electrons. The lowest BCUT2D eigenvalue weighted by molar-refractivity contribution is 0.243. The molecule has 0 aromatic rings. The van der Waals surface area contributed by atoms with Gasteiger partial charge in [-0.05, 0) is 51.2 Å². The Morgan fingerprint density at radius 2 is 2.08 bits per heavy atom. The predicted molar refractivity (Wildman–Crippen MR) is 54.1 cm³/mol. The third-order valence-electron chi connectivity index (χ3n) is 2.78. The zero-order chi connectivity index (χ0) is 8.60. The lowest BCUT2D eigenvalue weighted by Crippen LogP contribution is -2.54. The zero-order valence-corrected chi connectivity index (χ0v) is 8.34. The van der Waals surface area contributed by atoms with E-state index in [4.69, 9.17) is 12.2 Å². The van der Waals surface area contributed by atoms with Gasteiger partial charge in [0.2, 0.25) is 0 Å². The molecule has 2 rings (SSSR count). The Bertz CT molecular complexity index is 195. The van der Waals surface area contributed by atoms with Crippen molar-refractivity contribution >= 4 is 17.3 Å². The van der Waals surface area contributed by atoms with Crippen molar-refractivity contribution in [3.63, 3.8) is 0 Å². The molecule has 2 aliphatic carbocycles. The van der Waals surface area contributed by atoms with E-state index < -0.39 is 0 Å². The first-order valence-corrected chi connectivity index (χ1v) is 5.17. The minimum Gasteiger partial charge on any atom is -0.360 e. The number of rotatable bonds is 2. The average molecular weight is 184 g/mol. The van der Waals surface area contributed by atoms with Crippen LogP contribution in [0.15, 0.2) is 0 Å². The van der Waals surface area contributed by atoms with Crippen LogP contribution in [-0.4, -0.2) is 16.7 Å². The molecule has 2 saturated carbocycles.